The fourth-order valence-corrected chi connectivity index (χ4v) is 8.12. The zero-order chi connectivity index (χ0) is 21.0. The van der Waals surface area contributed by atoms with E-state index >= 15 is 0 Å². The first-order valence-corrected chi connectivity index (χ1v) is 11.9. The number of aliphatic hydroxyl groups is 2. The highest BCUT2D eigenvalue weighted by molar-refractivity contribution is 5.52. The van der Waals surface area contributed by atoms with Gasteiger partial charge in [-0.3, -0.25) is 0 Å². The maximum atomic E-state index is 11.1. The predicted octanol–water partition coefficient (Wildman–Crippen LogP) is 4.61. The lowest BCUT2D eigenvalue weighted by atomic mass is 9.48. The summed E-state index contributed by atoms with van der Waals surface area (Å²) in [5.41, 5.74) is 2.57. The molecule has 1 aromatic rings. The average molecular weight is 413 g/mol. The Bertz CT molecular complexity index is 770. The summed E-state index contributed by atoms with van der Waals surface area (Å²) in [5, 5.41) is 41.7. The summed E-state index contributed by atoms with van der Waals surface area (Å²) in [5.74, 6) is 2.82. The van der Waals surface area contributed by atoms with Crippen LogP contribution in [0, 0.1) is 29.6 Å². The second kappa shape index (κ2) is 7.56. The summed E-state index contributed by atoms with van der Waals surface area (Å²) in [7, 11) is 0. The lowest BCUT2D eigenvalue weighted by Crippen LogP contribution is -2.48. The summed E-state index contributed by atoms with van der Waals surface area (Å²) >= 11 is 0. The molecular weight excluding hydrogens is 376 g/mol. The molecule has 0 heterocycles. The maximum Gasteiger partial charge on any atom is 0.123 e. The average Bonchev–Trinajstić information content (AvgIpc) is 2.71. The van der Waals surface area contributed by atoms with Crippen molar-refractivity contribution in [3.8, 4) is 11.5 Å². The lowest BCUT2D eigenvalue weighted by Gasteiger charge is -2.57. The van der Waals surface area contributed by atoms with E-state index in [1.807, 2.05) is 12.1 Å². The SMILES string of the molecule is C=C(CO)C1CCC(CO)CC1c1c(O)cc(C23CC4CC(CC(C4)C2)C3)cc1O. The first kappa shape index (κ1) is 20.4. The number of rotatable bonds is 5. The Kier molecular flexibility index (Phi) is 5.14. The summed E-state index contributed by atoms with van der Waals surface area (Å²) < 4.78 is 0. The van der Waals surface area contributed by atoms with Crippen LogP contribution >= 0.6 is 0 Å². The Labute approximate surface area is 179 Å². The van der Waals surface area contributed by atoms with Crippen LogP contribution in [0.25, 0.3) is 0 Å². The van der Waals surface area contributed by atoms with Crippen molar-refractivity contribution in [1.29, 1.82) is 0 Å². The van der Waals surface area contributed by atoms with Crippen molar-refractivity contribution in [1.82, 2.24) is 0 Å². The van der Waals surface area contributed by atoms with Gasteiger partial charge in [0, 0.05) is 12.2 Å². The molecule has 5 saturated carbocycles. The molecule has 0 amide bonds. The minimum Gasteiger partial charge on any atom is -0.508 e. The summed E-state index contributed by atoms with van der Waals surface area (Å²) in [6, 6.07) is 3.87. The van der Waals surface area contributed by atoms with E-state index in [2.05, 4.69) is 6.58 Å². The van der Waals surface area contributed by atoms with Gasteiger partial charge in [-0.25, -0.2) is 0 Å². The minimum atomic E-state index is -0.124. The summed E-state index contributed by atoms with van der Waals surface area (Å²) in [4.78, 5) is 0. The van der Waals surface area contributed by atoms with Gasteiger partial charge in [0.15, 0.2) is 0 Å². The van der Waals surface area contributed by atoms with Crippen LogP contribution in [0.2, 0.25) is 0 Å². The summed E-state index contributed by atoms with van der Waals surface area (Å²) in [6.07, 6.45) is 10.1. The van der Waals surface area contributed by atoms with Crippen LogP contribution in [0.3, 0.4) is 0 Å². The highest BCUT2D eigenvalue weighted by Crippen LogP contribution is 2.61. The largest absolute Gasteiger partial charge is 0.508 e. The van der Waals surface area contributed by atoms with E-state index in [4.69, 9.17) is 0 Å². The minimum absolute atomic E-state index is 0.0139. The number of hydrogen-bond donors (Lipinski definition) is 4. The van der Waals surface area contributed by atoms with Crippen LogP contribution in [-0.2, 0) is 5.41 Å². The first-order valence-electron chi connectivity index (χ1n) is 11.9. The third kappa shape index (κ3) is 3.27. The quantitative estimate of drug-likeness (QED) is 0.533. The number of aliphatic hydroxyl groups excluding tert-OH is 2. The molecule has 0 saturated heterocycles. The molecule has 4 N–H and O–H groups in total. The lowest BCUT2D eigenvalue weighted by molar-refractivity contribution is -0.00538. The first-order chi connectivity index (χ1) is 14.4. The monoisotopic (exact) mass is 412 g/mol. The molecule has 0 aliphatic heterocycles. The molecule has 4 bridgehead atoms. The third-order valence-corrected chi connectivity index (χ3v) is 9.10. The van der Waals surface area contributed by atoms with E-state index in [9.17, 15) is 20.4 Å². The Hall–Kier alpha value is -1.52. The van der Waals surface area contributed by atoms with Crippen LogP contribution in [0.4, 0.5) is 0 Å². The normalized spacial score (nSPS) is 39.9. The molecule has 0 radical (unpaired) electrons. The zero-order valence-electron chi connectivity index (χ0n) is 17.9. The van der Waals surface area contributed by atoms with Crippen LogP contribution in [0.15, 0.2) is 24.3 Å². The Morgan fingerprint density at radius 3 is 1.97 bits per heavy atom. The Morgan fingerprint density at radius 1 is 0.900 bits per heavy atom. The highest BCUT2D eigenvalue weighted by Gasteiger charge is 2.52. The van der Waals surface area contributed by atoms with E-state index in [1.54, 1.807) is 0 Å². The van der Waals surface area contributed by atoms with Crippen molar-refractivity contribution in [2.75, 3.05) is 13.2 Å². The van der Waals surface area contributed by atoms with E-state index in [0.29, 0.717) is 12.0 Å². The molecule has 1 aromatic carbocycles. The van der Waals surface area contributed by atoms with Gasteiger partial charge in [-0.2, -0.15) is 0 Å². The van der Waals surface area contributed by atoms with Gasteiger partial charge in [-0.15, -0.1) is 0 Å². The van der Waals surface area contributed by atoms with Gasteiger partial charge in [0.1, 0.15) is 11.5 Å². The van der Waals surface area contributed by atoms with Gasteiger partial charge in [0.2, 0.25) is 0 Å². The molecule has 3 atom stereocenters. The molecule has 4 heteroatoms. The molecule has 5 fully saturated rings. The fourth-order valence-electron chi connectivity index (χ4n) is 8.12. The topological polar surface area (TPSA) is 80.9 Å². The van der Waals surface area contributed by atoms with Crippen LogP contribution in [0.1, 0.15) is 74.8 Å². The van der Waals surface area contributed by atoms with E-state index in [0.717, 1.165) is 41.7 Å². The van der Waals surface area contributed by atoms with Crippen molar-refractivity contribution in [3.05, 3.63) is 35.4 Å². The van der Waals surface area contributed by atoms with Crippen molar-refractivity contribution >= 4 is 0 Å². The van der Waals surface area contributed by atoms with E-state index < -0.39 is 0 Å². The molecule has 5 aliphatic rings. The molecule has 5 aliphatic carbocycles. The van der Waals surface area contributed by atoms with Crippen LogP contribution < -0.4 is 0 Å². The predicted molar refractivity (Wildman–Crippen MR) is 117 cm³/mol. The molecular formula is C26H36O4. The molecule has 0 aromatic heterocycles. The Morgan fingerprint density at radius 2 is 1.47 bits per heavy atom. The second-order valence-electron chi connectivity index (χ2n) is 11.0. The van der Waals surface area contributed by atoms with Gasteiger partial charge >= 0.3 is 0 Å². The number of phenols is 2. The van der Waals surface area contributed by atoms with Gasteiger partial charge in [-0.1, -0.05) is 6.58 Å². The van der Waals surface area contributed by atoms with E-state index in [1.165, 1.54) is 38.5 Å². The molecule has 4 nitrogen and oxygen atoms in total. The van der Waals surface area contributed by atoms with Crippen molar-refractivity contribution in [2.45, 2.75) is 69.1 Å². The number of phenolic OH excluding ortho intramolecular Hbond substituents is 2. The van der Waals surface area contributed by atoms with Gasteiger partial charge in [0.05, 0.1) is 6.61 Å². The van der Waals surface area contributed by atoms with Crippen molar-refractivity contribution < 1.29 is 20.4 Å². The van der Waals surface area contributed by atoms with Gasteiger partial charge < -0.3 is 20.4 Å². The fraction of sp³-hybridized carbons (Fsp3) is 0.692. The maximum absolute atomic E-state index is 11.1. The van der Waals surface area contributed by atoms with Gasteiger partial charge in [0.25, 0.3) is 0 Å². The smallest absolute Gasteiger partial charge is 0.123 e. The van der Waals surface area contributed by atoms with Crippen molar-refractivity contribution in [2.24, 2.45) is 29.6 Å². The number of hydrogen-bond acceptors (Lipinski definition) is 4. The van der Waals surface area contributed by atoms with E-state index in [-0.39, 0.29) is 47.9 Å². The highest BCUT2D eigenvalue weighted by atomic mass is 16.3. The standard InChI is InChI=1S/C26H36O4/c1-15(13-27)21-3-2-16(14-28)7-22(21)25-23(29)8-20(9-24(25)30)26-10-17-4-18(11-26)6-19(5-17)12-26/h8-9,16-19,21-22,27-30H,1-7,10-14H2. The third-order valence-electron chi connectivity index (χ3n) is 9.10. The zero-order valence-corrected chi connectivity index (χ0v) is 17.9. The van der Waals surface area contributed by atoms with Crippen LogP contribution in [0.5, 0.6) is 11.5 Å². The molecule has 6 rings (SSSR count). The summed E-state index contributed by atoms with van der Waals surface area (Å²) in [6.45, 7) is 4.08. The molecule has 164 valence electrons. The Balaban J connectivity index is 1.50. The number of benzene rings is 1. The second-order valence-corrected chi connectivity index (χ2v) is 11.0. The molecule has 30 heavy (non-hydrogen) atoms. The molecule has 0 spiro atoms. The number of aromatic hydroxyl groups is 2. The molecule has 3 unspecified atom stereocenters. The van der Waals surface area contributed by atoms with Crippen LogP contribution in [-0.4, -0.2) is 33.6 Å². The van der Waals surface area contributed by atoms with Gasteiger partial charge in [-0.05, 0) is 122 Å². The van der Waals surface area contributed by atoms with Crippen molar-refractivity contribution in [3.63, 3.8) is 0 Å².